The summed E-state index contributed by atoms with van der Waals surface area (Å²) in [6.07, 6.45) is -0.699. The quantitative estimate of drug-likeness (QED) is 0.324. The molecule has 3 aromatic heterocycles. The summed E-state index contributed by atoms with van der Waals surface area (Å²) in [6.45, 7) is 1.70. The van der Waals surface area contributed by atoms with Crippen LogP contribution in [0.3, 0.4) is 0 Å². The Balaban J connectivity index is 1.55. The molecule has 5 aromatic rings. The Hall–Kier alpha value is -4.48. The Bertz CT molecular complexity index is 1640. The van der Waals surface area contributed by atoms with Crippen LogP contribution in [0.4, 0.5) is 33.5 Å². The van der Waals surface area contributed by atoms with Gasteiger partial charge in [0.2, 0.25) is 0 Å². The number of amides is 1. The predicted octanol–water partition coefficient (Wildman–Crippen LogP) is 5.58. The molecule has 5 rings (SSSR count). The molecule has 35 heavy (non-hydrogen) atoms. The number of rotatable bonds is 3. The fraction of sp³-hybridized carbons (Fsp3) is 0.0870. The molecule has 0 aliphatic carbocycles. The number of fused-ring (bicyclic) bond motifs is 2. The second kappa shape index (κ2) is 7.79. The first-order valence-electron chi connectivity index (χ1n) is 10.0. The van der Waals surface area contributed by atoms with Crippen LogP contribution in [0.5, 0.6) is 0 Å². The molecule has 0 saturated carbocycles. The van der Waals surface area contributed by atoms with Crippen LogP contribution >= 0.6 is 0 Å². The number of halogens is 5. The minimum atomic E-state index is -4.73. The van der Waals surface area contributed by atoms with Crippen molar-refractivity contribution in [2.75, 3.05) is 11.1 Å². The summed E-state index contributed by atoms with van der Waals surface area (Å²) in [6, 6.07) is 4.37. The Morgan fingerprint density at radius 2 is 1.94 bits per heavy atom. The van der Waals surface area contributed by atoms with Gasteiger partial charge >= 0.3 is 6.18 Å². The number of imidazole rings is 1. The molecule has 0 spiro atoms. The third-order valence-corrected chi connectivity index (χ3v) is 5.48. The molecule has 0 aliphatic rings. The Labute approximate surface area is 193 Å². The molecule has 0 fully saturated rings. The lowest BCUT2D eigenvalue weighted by atomic mass is 10.1. The largest absolute Gasteiger partial charge is 0.460 e. The molecule has 12 heteroatoms. The van der Waals surface area contributed by atoms with Gasteiger partial charge in [0.1, 0.15) is 34.9 Å². The van der Waals surface area contributed by atoms with Crippen molar-refractivity contribution in [2.24, 2.45) is 0 Å². The van der Waals surface area contributed by atoms with Gasteiger partial charge in [0.15, 0.2) is 11.4 Å². The third kappa shape index (κ3) is 3.63. The van der Waals surface area contributed by atoms with E-state index in [2.05, 4.69) is 15.3 Å². The SMILES string of the molecule is Cc1nc(-c2ccc3c(C(=O)Nc4cc(C(F)(F)F)ccc4F)coc3c2F)c2c(N)nccn12. The Kier molecular flexibility index (Phi) is 4.97. The smallest absolute Gasteiger partial charge is 0.416 e. The van der Waals surface area contributed by atoms with Gasteiger partial charge in [-0.1, -0.05) is 0 Å². The lowest BCUT2D eigenvalue weighted by Crippen LogP contribution is -2.14. The van der Waals surface area contributed by atoms with E-state index < -0.39 is 35.0 Å². The van der Waals surface area contributed by atoms with E-state index in [9.17, 15) is 22.4 Å². The molecular weight excluding hydrogens is 473 g/mol. The van der Waals surface area contributed by atoms with Crippen molar-refractivity contribution >= 4 is 33.9 Å². The zero-order chi connectivity index (χ0) is 25.1. The summed E-state index contributed by atoms with van der Waals surface area (Å²) in [7, 11) is 0. The van der Waals surface area contributed by atoms with E-state index >= 15 is 4.39 Å². The molecule has 0 bridgehead atoms. The van der Waals surface area contributed by atoms with E-state index in [1.807, 2.05) is 0 Å². The van der Waals surface area contributed by atoms with Crippen molar-refractivity contribution in [2.45, 2.75) is 13.1 Å². The van der Waals surface area contributed by atoms with Gasteiger partial charge < -0.3 is 15.5 Å². The highest BCUT2D eigenvalue weighted by Gasteiger charge is 2.31. The van der Waals surface area contributed by atoms with Gasteiger partial charge in [-0.15, -0.1) is 0 Å². The number of aromatic nitrogens is 3. The summed E-state index contributed by atoms with van der Waals surface area (Å²) in [4.78, 5) is 21.1. The summed E-state index contributed by atoms with van der Waals surface area (Å²) in [5.41, 5.74) is 4.28. The molecule has 0 radical (unpaired) electrons. The number of carbonyl (C=O) groups is 1. The summed E-state index contributed by atoms with van der Waals surface area (Å²) in [5.74, 6) is -2.22. The molecule has 0 atom stereocenters. The van der Waals surface area contributed by atoms with Crippen molar-refractivity contribution in [1.29, 1.82) is 0 Å². The maximum atomic E-state index is 15.5. The number of nitrogens with two attached hydrogens (primary N) is 1. The summed E-state index contributed by atoms with van der Waals surface area (Å²) >= 11 is 0. The van der Waals surface area contributed by atoms with Gasteiger partial charge in [0.05, 0.1) is 16.8 Å². The van der Waals surface area contributed by atoms with Gasteiger partial charge in [-0.25, -0.2) is 18.7 Å². The Morgan fingerprint density at radius 1 is 1.17 bits per heavy atom. The molecule has 0 unspecified atom stereocenters. The number of nitrogen functional groups attached to an aromatic ring is 1. The van der Waals surface area contributed by atoms with Crippen molar-refractivity contribution in [1.82, 2.24) is 14.4 Å². The molecule has 178 valence electrons. The number of aryl methyl sites for hydroxylation is 1. The summed E-state index contributed by atoms with van der Waals surface area (Å²) in [5, 5.41) is 2.11. The number of benzene rings is 2. The molecule has 1 amide bonds. The number of alkyl halides is 3. The van der Waals surface area contributed by atoms with E-state index in [1.165, 1.54) is 18.3 Å². The van der Waals surface area contributed by atoms with Crippen molar-refractivity contribution < 1.29 is 31.2 Å². The molecule has 0 aliphatic heterocycles. The number of anilines is 2. The maximum Gasteiger partial charge on any atom is 0.416 e. The number of hydrogen-bond acceptors (Lipinski definition) is 5. The van der Waals surface area contributed by atoms with Crippen molar-refractivity contribution in [3.05, 3.63) is 77.6 Å². The maximum absolute atomic E-state index is 15.5. The van der Waals surface area contributed by atoms with E-state index in [4.69, 9.17) is 10.2 Å². The van der Waals surface area contributed by atoms with Gasteiger partial charge in [-0.3, -0.25) is 9.20 Å². The standard InChI is InChI=1S/C23H14F5N5O2/c1-10-31-18(19-21(29)30-6-7-33(10)19)13-4-3-12-14(9-35-20(12)17(13)25)22(34)32-16-8-11(23(26,27)28)2-5-15(16)24/h2-9H,1H3,(H2,29,30)(H,32,34). The normalized spacial score (nSPS) is 11.9. The molecule has 0 saturated heterocycles. The third-order valence-electron chi connectivity index (χ3n) is 5.48. The predicted molar refractivity (Wildman–Crippen MR) is 117 cm³/mol. The molecule has 3 heterocycles. The second-order valence-electron chi connectivity index (χ2n) is 7.64. The first-order chi connectivity index (χ1) is 16.6. The first-order valence-corrected chi connectivity index (χ1v) is 10.0. The fourth-order valence-corrected chi connectivity index (χ4v) is 3.81. The highest BCUT2D eigenvalue weighted by atomic mass is 19.4. The average molecular weight is 487 g/mol. The summed E-state index contributed by atoms with van der Waals surface area (Å²) < 4.78 is 75.3. The van der Waals surface area contributed by atoms with Crippen molar-refractivity contribution in [3.63, 3.8) is 0 Å². The van der Waals surface area contributed by atoms with Gasteiger partial charge in [-0.05, 0) is 37.3 Å². The van der Waals surface area contributed by atoms with E-state index in [-0.39, 0.29) is 33.6 Å². The minimum Gasteiger partial charge on any atom is -0.460 e. The van der Waals surface area contributed by atoms with Crippen LogP contribution in [-0.2, 0) is 6.18 Å². The molecule has 2 aromatic carbocycles. The number of nitrogens with zero attached hydrogens (tertiary/aromatic N) is 3. The zero-order valence-corrected chi connectivity index (χ0v) is 17.7. The van der Waals surface area contributed by atoms with Crippen LogP contribution in [0.25, 0.3) is 27.7 Å². The van der Waals surface area contributed by atoms with Crippen LogP contribution in [0.1, 0.15) is 21.7 Å². The second-order valence-corrected chi connectivity index (χ2v) is 7.64. The molecular formula is C23H14F5N5O2. The van der Waals surface area contributed by atoms with Gasteiger partial charge in [0.25, 0.3) is 5.91 Å². The lowest BCUT2D eigenvalue weighted by Gasteiger charge is -2.10. The van der Waals surface area contributed by atoms with Crippen LogP contribution in [0.2, 0.25) is 0 Å². The average Bonchev–Trinajstić information content (AvgIpc) is 3.38. The fourth-order valence-electron chi connectivity index (χ4n) is 3.81. The lowest BCUT2D eigenvalue weighted by molar-refractivity contribution is -0.137. The van der Waals surface area contributed by atoms with Crippen LogP contribution in [0, 0.1) is 18.6 Å². The highest BCUT2D eigenvalue weighted by molar-refractivity contribution is 6.12. The minimum absolute atomic E-state index is 0.0301. The van der Waals surface area contributed by atoms with E-state index in [0.29, 0.717) is 29.5 Å². The number of hydrogen-bond donors (Lipinski definition) is 2. The number of furan rings is 1. The Morgan fingerprint density at radius 3 is 2.69 bits per heavy atom. The van der Waals surface area contributed by atoms with E-state index in [1.54, 1.807) is 17.5 Å². The van der Waals surface area contributed by atoms with Crippen LogP contribution in [0.15, 0.2) is 53.4 Å². The van der Waals surface area contributed by atoms with E-state index in [0.717, 1.165) is 6.26 Å². The zero-order valence-electron chi connectivity index (χ0n) is 17.7. The van der Waals surface area contributed by atoms with Gasteiger partial charge in [0, 0.05) is 23.3 Å². The molecule has 7 nitrogen and oxygen atoms in total. The number of nitrogens with one attached hydrogen (secondary N) is 1. The monoisotopic (exact) mass is 487 g/mol. The molecule has 3 N–H and O–H groups in total. The van der Waals surface area contributed by atoms with Gasteiger partial charge in [-0.2, -0.15) is 13.2 Å². The van der Waals surface area contributed by atoms with Crippen molar-refractivity contribution in [3.8, 4) is 11.3 Å². The highest BCUT2D eigenvalue weighted by Crippen LogP contribution is 2.36. The number of carbonyl (C=O) groups excluding carboxylic acids is 1. The van der Waals surface area contributed by atoms with Crippen LogP contribution in [-0.4, -0.2) is 20.3 Å². The topological polar surface area (TPSA) is 98.5 Å². The van der Waals surface area contributed by atoms with Crippen LogP contribution < -0.4 is 11.1 Å². The first kappa shape index (κ1) is 22.3.